The van der Waals surface area contributed by atoms with Crippen LogP contribution in [0.3, 0.4) is 0 Å². The number of aromatic amines is 1. The van der Waals surface area contributed by atoms with E-state index in [1.165, 1.54) is 0 Å². The predicted octanol–water partition coefficient (Wildman–Crippen LogP) is 1.25. The molecule has 1 amide bonds. The van der Waals surface area contributed by atoms with E-state index < -0.39 is 0 Å². The van der Waals surface area contributed by atoms with Gasteiger partial charge in [-0.15, -0.1) is 0 Å². The largest absolute Gasteiger partial charge is 0.379 e. The van der Waals surface area contributed by atoms with Crippen molar-refractivity contribution in [2.75, 3.05) is 25.6 Å². The number of aromatic nitrogens is 2. The Hall–Kier alpha value is -2.18. The number of hydrogen-bond donors (Lipinski definition) is 3. The van der Waals surface area contributed by atoms with Crippen LogP contribution in [0.2, 0.25) is 0 Å². The molecule has 1 aromatic carbocycles. The van der Waals surface area contributed by atoms with Crippen molar-refractivity contribution in [3.8, 4) is 11.3 Å². The molecule has 3 rings (SSSR count). The molecule has 3 N–H and O–H groups in total. The van der Waals surface area contributed by atoms with Gasteiger partial charge < -0.3 is 15.4 Å². The molecule has 21 heavy (non-hydrogen) atoms. The van der Waals surface area contributed by atoms with Gasteiger partial charge in [-0.2, -0.15) is 5.10 Å². The highest BCUT2D eigenvalue weighted by molar-refractivity contribution is 5.93. The van der Waals surface area contributed by atoms with Crippen molar-refractivity contribution in [1.82, 2.24) is 15.5 Å². The van der Waals surface area contributed by atoms with Crippen LogP contribution in [-0.2, 0) is 9.53 Å². The maximum absolute atomic E-state index is 12.3. The minimum Gasteiger partial charge on any atom is -0.379 e. The number of carbonyl (C=O) groups is 1. The first kappa shape index (κ1) is 13.8. The van der Waals surface area contributed by atoms with Gasteiger partial charge in [-0.3, -0.25) is 9.89 Å². The van der Waals surface area contributed by atoms with Gasteiger partial charge in [-0.25, -0.2) is 0 Å². The first-order valence-corrected chi connectivity index (χ1v) is 6.93. The summed E-state index contributed by atoms with van der Waals surface area (Å²) in [5.74, 6) is -0.163. The number of nitrogens with one attached hydrogen (secondary N) is 3. The molecule has 0 aliphatic carbocycles. The van der Waals surface area contributed by atoms with Gasteiger partial charge in [0.25, 0.3) is 0 Å². The molecule has 2 heterocycles. The Morgan fingerprint density at radius 3 is 2.76 bits per heavy atom. The molecule has 6 nitrogen and oxygen atoms in total. The maximum Gasteiger partial charge on any atom is 0.231 e. The van der Waals surface area contributed by atoms with Crippen LogP contribution in [0.5, 0.6) is 0 Å². The lowest BCUT2D eigenvalue weighted by Crippen LogP contribution is -2.39. The summed E-state index contributed by atoms with van der Waals surface area (Å²) in [4.78, 5) is 12.3. The molecule has 6 heteroatoms. The Kier molecular flexibility index (Phi) is 3.98. The third-order valence-corrected chi connectivity index (χ3v) is 3.75. The molecule has 2 aromatic rings. The summed E-state index contributed by atoms with van der Waals surface area (Å²) in [5, 5.41) is 12.9. The average molecular weight is 286 g/mol. The molecule has 0 saturated carbocycles. The van der Waals surface area contributed by atoms with Gasteiger partial charge in [0, 0.05) is 17.9 Å². The van der Waals surface area contributed by atoms with Crippen molar-refractivity contribution in [2.24, 2.45) is 5.92 Å². The molecule has 110 valence electrons. The Morgan fingerprint density at radius 2 is 2.10 bits per heavy atom. The highest BCUT2D eigenvalue weighted by Crippen LogP contribution is 2.20. The fourth-order valence-corrected chi connectivity index (χ4v) is 2.48. The number of carbonyl (C=O) groups excluding carboxylic acids is 1. The minimum absolute atomic E-state index is 0.0128. The van der Waals surface area contributed by atoms with Gasteiger partial charge in [0.1, 0.15) is 0 Å². The second-order valence-electron chi connectivity index (χ2n) is 5.08. The highest BCUT2D eigenvalue weighted by atomic mass is 16.5. The molecule has 1 aliphatic heterocycles. The van der Waals surface area contributed by atoms with E-state index in [-0.39, 0.29) is 17.9 Å². The van der Waals surface area contributed by atoms with E-state index >= 15 is 0 Å². The maximum atomic E-state index is 12.3. The minimum atomic E-state index is -0.151. The van der Waals surface area contributed by atoms with Crippen molar-refractivity contribution in [3.63, 3.8) is 0 Å². The van der Waals surface area contributed by atoms with Gasteiger partial charge in [-0.1, -0.05) is 12.1 Å². The summed E-state index contributed by atoms with van der Waals surface area (Å²) in [7, 11) is 1.85. The Balaban J connectivity index is 1.66. The average Bonchev–Trinajstić information content (AvgIpc) is 3.19. The molecule has 0 bridgehead atoms. The number of benzene rings is 1. The summed E-state index contributed by atoms with van der Waals surface area (Å²) in [6.45, 7) is 1.04. The Bertz CT molecular complexity index is 595. The molecule has 1 aromatic heterocycles. The third kappa shape index (κ3) is 2.96. The highest BCUT2D eigenvalue weighted by Gasteiger charge is 2.32. The number of likely N-dealkylation sites (N-methyl/N-ethyl adjacent to an activating group) is 1. The van der Waals surface area contributed by atoms with Gasteiger partial charge in [-0.05, 0) is 30.8 Å². The number of nitrogens with zero attached hydrogens (tertiary/aromatic N) is 1. The van der Waals surface area contributed by atoms with Crippen molar-refractivity contribution in [2.45, 2.75) is 6.04 Å². The summed E-state index contributed by atoms with van der Waals surface area (Å²) >= 11 is 0. The lowest BCUT2D eigenvalue weighted by atomic mass is 10.0. The normalized spacial score (nSPS) is 21.4. The van der Waals surface area contributed by atoms with Gasteiger partial charge in [0.05, 0.1) is 24.8 Å². The topological polar surface area (TPSA) is 79.0 Å². The van der Waals surface area contributed by atoms with E-state index in [2.05, 4.69) is 20.8 Å². The molecular formula is C15H18N4O2. The van der Waals surface area contributed by atoms with E-state index in [0.717, 1.165) is 16.9 Å². The molecular weight excluding hydrogens is 268 g/mol. The lowest BCUT2D eigenvalue weighted by molar-refractivity contribution is -0.120. The molecule has 2 atom stereocenters. The summed E-state index contributed by atoms with van der Waals surface area (Å²) in [5.41, 5.74) is 2.76. The molecule has 1 fully saturated rings. The number of H-pyrrole nitrogens is 1. The quantitative estimate of drug-likeness (QED) is 0.790. The van der Waals surface area contributed by atoms with Crippen LogP contribution in [0.4, 0.5) is 5.69 Å². The fourth-order valence-electron chi connectivity index (χ4n) is 2.48. The van der Waals surface area contributed by atoms with Crippen LogP contribution < -0.4 is 10.6 Å². The van der Waals surface area contributed by atoms with Crippen LogP contribution >= 0.6 is 0 Å². The number of anilines is 1. The summed E-state index contributed by atoms with van der Waals surface area (Å²) in [6, 6.07) is 9.65. The van der Waals surface area contributed by atoms with Gasteiger partial charge >= 0.3 is 0 Å². The summed E-state index contributed by atoms with van der Waals surface area (Å²) < 4.78 is 5.35. The number of amides is 1. The number of rotatable bonds is 4. The molecule has 0 radical (unpaired) electrons. The van der Waals surface area contributed by atoms with Crippen LogP contribution in [0.25, 0.3) is 11.3 Å². The Morgan fingerprint density at radius 1 is 1.29 bits per heavy atom. The second kappa shape index (κ2) is 6.07. The van der Waals surface area contributed by atoms with E-state index in [1.807, 2.05) is 37.4 Å². The fraction of sp³-hybridized carbons (Fsp3) is 0.333. The SMILES string of the molecule is CNC1COCC1C(=O)Nc1ccc(-c2ccn[nH]2)cc1. The predicted molar refractivity (Wildman–Crippen MR) is 79.8 cm³/mol. The summed E-state index contributed by atoms with van der Waals surface area (Å²) in [6.07, 6.45) is 1.71. The van der Waals surface area contributed by atoms with Crippen LogP contribution in [0, 0.1) is 5.92 Å². The van der Waals surface area contributed by atoms with Gasteiger partial charge in [0.2, 0.25) is 5.91 Å². The zero-order valence-electron chi connectivity index (χ0n) is 11.8. The molecule has 2 unspecified atom stereocenters. The standard InChI is InChI=1S/C15H18N4O2/c1-16-14-9-21-8-12(14)15(20)18-11-4-2-10(3-5-11)13-6-7-17-19-13/h2-7,12,14,16H,8-9H2,1H3,(H,17,19)(H,18,20). The number of hydrogen-bond acceptors (Lipinski definition) is 4. The van der Waals surface area contributed by atoms with E-state index in [4.69, 9.17) is 4.74 Å². The molecule has 0 spiro atoms. The number of ether oxygens (including phenoxy) is 1. The second-order valence-corrected chi connectivity index (χ2v) is 5.08. The van der Waals surface area contributed by atoms with Crippen molar-refractivity contribution >= 4 is 11.6 Å². The van der Waals surface area contributed by atoms with Crippen LogP contribution in [0.1, 0.15) is 0 Å². The molecule has 1 saturated heterocycles. The van der Waals surface area contributed by atoms with E-state index in [1.54, 1.807) is 6.20 Å². The lowest BCUT2D eigenvalue weighted by Gasteiger charge is -2.16. The monoisotopic (exact) mass is 286 g/mol. The van der Waals surface area contributed by atoms with Crippen molar-refractivity contribution in [3.05, 3.63) is 36.5 Å². The van der Waals surface area contributed by atoms with E-state index in [9.17, 15) is 4.79 Å². The van der Waals surface area contributed by atoms with Gasteiger partial charge in [0.15, 0.2) is 0 Å². The first-order valence-electron chi connectivity index (χ1n) is 6.93. The smallest absolute Gasteiger partial charge is 0.231 e. The zero-order valence-corrected chi connectivity index (χ0v) is 11.8. The van der Waals surface area contributed by atoms with Crippen LogP contribution in [0.15, 0.2) is 36.5 Å². The van der Waals surface area contributed by atoms with Crippen LogP contribution in [-0.4, -0.2) is 42.4 Å². The molecule has 1 aliphatic rings. The zero-order chi connectivity index (χ0) is 14.7. The van der Waals surface area contributed by atoms with Crippen molar-refractivity contribution < 1.29 is 9.53 Å². The first-order chi connectivity index (χ1) is 10.3. The Labute approximate surface area is 122 Å². The third-order valence-electron chi connectivity index (χ3n) is 3.75. The van der Waals surface area contributed by atoms with E-state index in [0.29, 0.717) is 13.2 Å². The van der Waals surface area contributed by atoms with Crippen molar-refractivity contribution in [1.29, 1.82) is 0 Å².